The van der Waals surface area contributed by atoms with Crippen LogP contribution in [-0.4, -0.2) is 28.1 Å². The normalized spacial score (nSPS) is 14.5. The van der Waals surface area contributed by atoms with Crippen molar-refractivity contribution in [1.82, 2.24) is 9.47 Å². The Hall–Kier alpha value is -4.03. The third-order valence-corrected chi connectivity index (χ3v) is 6.25. The highest BCUT2D eigenvalue weighted by molar-refractivity contribution is 6.30. The number of carbonyl (C=O) groups is 2. The van der Waals surface area contributed by atoms with Gasteiger partial charge in [-0.2, -0.15) is 0 Å². The third-order valence-electron chi connectivity index (χ3n) is 6.01. The standard InChI is InChI=1S/C28H24ClN3O3/c1-2-35-27(33)20-10-6-12-23(17-20)30-28(34)32-18-21-8-3-4-13-24(21)31-15-7-14-25(31)26(32)19-9-5-11-22(29)16-19/h3-17,26H,2,18H2,1H3,(H,30,34). The average molecular weight is 486 g/mol. The van der Waals surface area contributed by atoms with Crippen LogP contribution in [0.1, 0.15) is 40.1 Å². The predicted octanol–water partition coefficient (Wildman–Crippen LogP) is 6.44. The maximum atomic E-state index is 13.8. The van der Waals surface area contributed by atoms with Gasteiger partial charge in [0.2, 0.25) is 0 Å². The number of aromatic nitrogens is 1. The van der Waals surface area contributed by atoms with Gasteiger partial charge >= 0.3 is 12.0 Å². The summed E-state index contributed by atoms with van der Waals surface area (Å²) in [5.41, 5.74) is 4.79. The van der Waals surface area contributed by atoms with Crippen molar-refractivity contribution in [1.29, 1.82) is 0 Å². The van der Waals surface area contributed by atoms with E-state index in [2.05, 4.69) is 16.0 Å². The fourth-order valence-electron chi connectivity index (χ4n) is 4.50. The zero-order valence-electron chi connectivity index (χ0n) is 19.1. The van der Waals surface area contributed by atoms with Crippen LogP contribution in [0.2, 0.25) is 5.02 Å². The molecule has 0 fully saturated rings. The van der Waals surface area contributed by atoms with E-state index in [1.807, 2.05) is 60.8 Å². The largest absolute Gasteiger partial charge is 0.462 e. The molecule has 0 bridgehead atoms. The Morgan fingerprint density at radius 2 is 1.83 bits per heavy atom. The number of nitrogens with one attached hydrogen (secondary N) is 1. The SMILES string of the molecule is CCOC(=O)c1cccc(NC(=O)N2Cc3ccccc3-n3cccc3C2c2cccc(Cl)c2)c1. The predicted molar refractivity (Wildman–Crippen MR) is 136 cm³/mol. The van der Waals surface area contributed by atoms with Gasteiger partial charge in [0.1, 0.15) is 0 Å². The number of para-hydroxylation sites is 1. The number of hydrogen-bond acceptors (Lipinski definition) is 3. The number of esters is 1. The molecule has 176 valence electrons. The first-order chi connectivity index (χ1) is 17.0. The first kappa shape index (κ1) is 22.7. The molecule has 7 heteroatoms. The zero-order valence-corrected chi connectivity index (χ0v) is 19.9. The molecule has 35 heavy (non-hydrogen) atoms. The maximum absolute atomic E-state index is 13.8. The lowest BCUT2D eigenvalue weighted by molar-refractivity contribution is 0.0526. The fraction of sp³-hybridized carbons (Fsp3) is 0.143. The first-order valence-corrected chi connectivity index (χ1v) is 11.8. The van der Waals surface area contributed by atoms with Gasteiger partial charge in [-0.15, -0.1) is 0 Å². The number of anilines is 1. The highest BCUT2D eigenvalue weighted by Crippen LogP contribution is 2.37. The number of nitrogens with zero attached hydrogens (tertiary/aromatic N) is 2. The molecular weight excluding hydrogens is 462 g/mol. The van der Waals surface area contributed by atoms with Crippen LogP contribution >= 0.6 is 11.6 Å². The molecule has 6 nitrogen and oxygen atoms in total. The molecule has 3 aromatic carbocycles. The monoisotopic (exact) mass is 485 g/mol. The van der Waals surface area contributed by atoms with E-state index in [0.29, 0.717) is 22.8 Å². The Labute approximate surface area is 208 Å². The molecule has 5 rings (SSSR count). The Balaban J connectivity index is 1.56. The summed E-state index contributed by atoms with van der Waals surface area (Å²) in [5, 5.41) is 3.58. The second-order valence-electron chi connectivity index (χ2n) is 8.25. The van der Waals surface area contributed by atoms with Gasteiger partial charge in [0, 0.05) is 22.6 Å². The fourth-order valence-corrected chi connectivity index (χ4v) is 4.70. The van der Waals surface area contributed by atoms with Crippen LogP contribution < -0.4 is 5.32 Å². The Kier molecular flexibility index (Phi) is 6.29. The van der Waals surface area contributed by atoms with Gasteiger partial charge in [-0.05, 0) is 66.6 Å². The van der Waals surface area contributed by atoms with E-state index in [1.54, 1.807) is 36.1 Å². The molecule has 4 aromatic rings. The van der Waals surface area contributed by atoms with E-state index in [-0.39, 0.29) is 18.7 Å². The van der Waals surface area contributed by atoms with Crippen molar-refractivity contribution < 1.29 is 14.3 Å². The topological polar surface area (TPSA) is 63.6 Å². The molecule has 1 unspecified atom stereocenters. The van der Waals surface area contributed by atoms with Crippen LogP contribution in [0.25, 0.3) is 5.69 Å². The van der Waals surface area contributed by atoms with Gasteiger partial charge in [-0.3, -0.25) is 0 Å². The van der Waals surface area contributed by atoms with E-state index in [0.717, 1.165) is 22.5 Å². The van der Waals surface area contributed by atoms with Crippen molar-refractivity contribution in [3.8, 4) is 5.69 Å². The summed E-state index contributed by atoms with van der Waals surface area (Å²) < 4.78 is 7.22. The smallest absolute Gasteiger partial charge is 0.338 e. The number of carbonyl (C=O) groups excluding carboxylic acids is 2. The minimum absolute atomic E-state index is 0.281. The highest BCUT2D eigenvalue weighted by atomic mass is 35.5. The summed E-state index contributed by atoms with van der Waals surface area (Å²) in [6.45, 7) is 2.43. The summed E-state index contributed by atoms with van der Waals surface area (Å²) in [7, 11) is 0. The Morgan fingerprint density at radius 3 is 2.66 bits per heavy atom. The van der Waals surface area contributed by atoms with Gasteiger partial charge in [-0.25, -0.2) is 9.59 Å². The lowest BCUT2D eigenvalue weighted by atomic mass is 10.0. The molecule has 0 spiro atoms. The molecule has 1 atom stereocenters. The molecule has 1 aromatic heterocycles. The van der Waals surface area contributed by atoms with E-state index in [9.17, 15) is 9.59 Å². The zero-order chi connectivity index (χ0) is 24.4. The maximum Gasteiger partial charge on any atom is 0.338 e. The number of halogens is 1. The number of rotatable bonds is 4. The van der Waals surface area contributed by atoms with Crippen LogP contribution in [0.3, 0.4) is 0 Å². The lowest BCUT2D eigenvalue weighted by Crippen LogP contribution is -2.38. The molecule has 0 saturated heterocycles. The minimum atomic E-state index is -0.429. The van der Waals surface area contributed by atoms with Crippen LogP contribution in [-0.2, 0) is 11.3 Å². The summed E-state index contributed by atoms with van der Waals surface area (Å²) >= 11 is 6.36. The van der Waals surface area contributed by atoms with E-state index >= 15 is 0 Å². The second-order valence-corrected chi connectivity index (χ2v) is 8.69. The van der Waals surface area contributed by atoms with Crippen molar-refractivity contribution in [2.24, 2.45) is 0 Å². The first-order valence-electron chi connectivity index (χ1n) is 11.4. The number of urea groups is 1. The molecule has 0 radical (unpaired) electrons. The highest BCUT2D eigenvalue weighted by Gasteiger charge is 2.33. The van der Waals surface area contributed by atoms with Gasteiger partial charge in [0.25, 0.3) is 0 Å². The van der Waals surface area contributed by atoms with Gasteiger partial charge in [0.15, 0.2) is 0 Å². The van der Waals surface area contributed by atoms with Crippen molar-refractivity contribution in [2.75, 3.05) is 11.9 Å². The van der Waals surface area contributed by atoms with Crippen molar-refractivity contribution >= 4 is 29.3 Å². The average Bonchev–Trinajstić information content (AvgIpc) is 3.28. The third kappa shape index (κ3) is 4.53. The van der Waals surface area contributed by atoms with Crippen molar-refractivity contribution in [2.45, 2.75) is 19.5 Å². The number of amides is 2. The number of ether oxygens (including phenoxy) is 1. The number of fused-ring (bicyclic) bond motifs is 3. The van der Waals surface area contributed by atoms with Crippen molar-refractivity contribution in [3.63, 3.8) is 0 Å². The molecule has 1 N–H and O–H groups in total. The van der Waals surface area contributed by atoms with Crippen LogP contribution in [0.5, 0.6) is 0 Å². The number of benzene rings is 3. The molecule has 2 heterocycles. The van der Waals surface area contributed by atoms with Crippen molar-refractivity contribution in [3.05, 3.63) is 119 Å². The molecule has 1 aliphatic heterocycles. The Bertz CT molecular complexity index is 1400. The van der Waals surface area contributed by atoms with E-state index in [1.165, 1.54) is 0 Å². The Morgan fingerprint density at radius 1 is 1.00 bits per heavy atom. The van der Waals surface area contributed by atoms with Gasteiger partial charge in [-0.1, -0.05) is 48.0 Å². The molecular formula is C28H24ClN3O3. The summed E-state index contributed by atoms with van der Waals surface area (Å²) in [6, 6.07) is 25.7. The van der Waals surface area contributed by atoms with Crippen LogP contribution in [0.15, 0.2) is 91.1 Å². The summed E-state index contributed by atoms with van der Waals surface area (Å²) in [4.78, 5) is 27.8. The second kappa shape index (κ2) is 9.68. The molecule has 2 amide bonds. The molecule has 0 aliphatic carbocycles. The lowest BCUT2D eigenvalue weighted by Gasteiger charge is -2.31. The van der Waals surface area contributed by atoms with E-state index in [4.69, 9.17) is 16.3 Å². The quantitative estimate of drug-likeness (QED) is 0.338. The van der Waals surface area contributed by atoms with Crippen LogP contribution in [0, 0.1) is 0 Å². The van der Waals surface area contributed by atoms with Gasteiger partial charge < -0.3 is 19.5 Å². The minimum Gasteiger partial charge on any atom is -0.462 e. The van der Waals surface area contributed by atoms with Gasteiger partial charge in [0.05, 0.1) is 30.4 Å². The van der Waals surface area contributed by atoms with Crippen LogP contribution in [0.4, 0.5) is 10.5 Å². The van der Waals surface area contributed by atoms with E-state index < -0.39 is 5.97 Å². The number of hydrogen-bond donors (Lipinski definition) is 1. The summed E-state index contributed by atoms with van der Waals surface area (Å²) in [6.07, 6.45) is 2.01. The summed E-state index contributed by atoms with van der Waals surface area (Å²) in [5.74, 6) is -0.429. The molecule has 1 aliphatic rings. The molecule has 0 saturated carbocycles.